The molecule has 4 rings (SSSR count). The fraction of sp³-hybridized carbons (Fsp3) is 0.115. The molecule has 1 heterocycles. The lowest BCUT2D eigenvalue weighted by Gasteiger charge is -2.14. The van der Waals surface area contributed by atoms with Gasteiger partial charge in [0.25, 0.3) is 0 Å². The second-order valence-electron chi connectivity index (χ2n) is 7.00. The number of nitrogens with one attached hydrogen (secondary N) is 1. The standard InChI is InChI=1S/C26H24N4O3/c1-31-22-15-20(16-23(32-2)24(22)33-3)29-26-28-17-27-25(30-26)21-12-8-7-11-19(21)14-13-18-9-5-4-6-10-18/h4-17H,1-3H3,(H,27,28,29,30)/b14-13+. The first kappa shape index (κ1) is 21.8. The SMILES string of the molecule is COc1cc(Nc2ncnc(-c3ccccc3/C=C/c3ccccc3)n2)cc(OC)c1OC. The van der Waals surface area contributed by atoms with E-state index in [1.807, 2.05) is 42.5 Å². The number of nitrogens with zero attached hydrogens (tertiary/aromatic N) is 3. The first-order chi connectivity index (χ1) is 16.2. The van der Waals surface area contributed by atoms with Gasteiger partial charge in [0.15, 0.2) is 17.3 Å². The zero-order valence-electron chi connectivity index (χ0n) is 18.6. The number of hydrogen-bond acceptors (Lipinski definition) is 7. The third-order valence-corrected chi connectivity index (χ3v) is 4.95. The van der Waals surface area contributed by atoms with Gasteiger partial charge >= 0.3 is 0 Å². The molecular weight excluding hydrogens is 416 g/mol. The summed E-state index contributed by atoms with van der Waals surface area (Å²) in [5.41, 5.74) is 3.72. The van der Waals surface area contributed by atoms with E-state index in [-0.39, 0.29) is 0 Å². The van der Waals surface area contributed by atoms with Gasteiger partial charge in [0, 0.05) is 23.4 Å². The van der Waals surface area contributed by atoms with Crippen LogP contribution in [0.5, 0.6) is 17.2 Å². The van der Waals surface area contributed by atoms with Gasteiger partial charge < -0.3 is 19.5 Å². The van der Waals surface area contributed by atoms with Crippen LogP contribution in [0.3, 0.4) is 0 Å². The Hall–Kier alpha value is -4.39. The topological polar surface area (TPSA) is 78.4 Å². The monoisotopic (exact) mass is 440 g/mol. The quantitative estimate of drug-likeness (QED) is 0.364. The summed E-state index contributed by atoms with van der Waals surface area (Å²) >= 11 is 0. The summed E-state index contributed by atoms with van der Waals surface area (Å²) in [4.78, 5) is 13.3. The van der Waals surface area contributed by atoms with Crippen molar-refractivity contribution >= 4 is 23.8 Å². The molecule has 1 N–H and O–H groups in total. The lowest BCUT2D eigenvalue weighted by Crippen LogP contribution is -2.02. The molecule has 0 fully saturated rings. The second kappa shape index (κ2) is 10.3. The van der Waals surface area contributed by atoms with E-state index in [1.165, 1.54) is 6.33 Å². The van der Waals surface area contributed by atoms with Crippen LogP contribution in [0.4, 0.5) is 11.6 Å². The van der Waals surface area contributed by atoms with Gasteiger partial charge in [-0.25, -0.2) is 9.97 Å². The first-order valence-corrected chi connectivity index (χ1v) is 10.3. The molecule has 0 radical (unpaired) electrons. The maximum absolute atomic E-state index is 5.42. The highest BCUT2D eigenvalue weighted by atomic mass is 16.5. The van der Waals surface area contributed by atoms with Gasteiger partial charge in [0.1, 0.15) is 6.33 Å². The van der Waals surface area contributed by atoms with Crippen LogP contribution in [0.1, 0.15) is 11.1 Å². The Labute approximate surface area is 192 Å². The van der Waals surface area contributed by atoms with Gasteiger partial charge in [-0.05, 0) is 11.1 Å². The Morgan fingerprint density at radius 1 is 0.758 bits per heavy atom. The van der Waals surface area contributed by atoms with Gasteiger partial charge in [-0.15, -0.1) is 0 Å². The summed E-state index contributed by atoms with van der Waals surface area (Å²) in [5, 5.41) is 3.20. The Balaban J connectivity index is 1.64. The maximum atomic E-state index is 5.42. The number of rotatable bonds is 8. The third-order valence-electron chi connectivity index (χ3n) is 4.95. The van der Waals surface area contributed by atoms with Crippen molar-refractivity contribution in [3.63, 3.8) is 0 Å². The molecule has 0 spiro atoms. The zero-order chi connectivity index (χ0) is 23.0. The average molecular weight is 441 g/mol. The third kappa shape index (κ3) is 5.10. The summed E-state index contributed by atoms with van der Waals surface area (Å²) in [5.74, 6) is 2.54. The summed E-state index contributed by atoms with van der Waals surface area (Å²) in [6.45, 7) is 0. The normalized spacial score (nSPS) is 10.8. The van der Waals surface area contributed by atoms with E-state index in [9.17, 15) is 0 Å². The molecule has 0 saturated carbocycles. The van der Waals surface area contributed by atoms with Crippen molar-refractivity contribution in [3.05, 3.63) is 84.2 Å². The van der Waals surface area contributed by atoms with Crippen LogP contribution in [0.2, 0.25) is 0 Å². The van der Waals surface area contributed by atoms with Crippen molar-refractivity contribution in [2.24, 2.45) is 0 Å². The zero-order valence-corrected chi connectivity index (χ0v) is 18.6. The van der Waals surface area contributed by atoms with E-state index in [0.717, 1.165) is 16.7 Å². The number of ether oxygens (including phenoxy) is 3. The summed E-state index contributed by atoms with van der Waals surface area (Å²) < 4.78 is 16.2. The fourth-order valence-electron chi connectivity index (χ4n) is 3.36. The van der Waals surface area contributed by atoms with E-state index in [0.29, 0.717) is 34.7 Å². The number of hydrogen-bond donors (Lipinski definition) is 1. The number of anilines is 2. The minimum absolute atomic E-state index is 0.399. The van der Waals surface area contributed by atoms with E-state index in [4.69, 9.17) is 14.2 Å². The molecule has 4 aromatic rings. The van der Waals surface area contributed by atoms with E-state index >= 15 is 0 Å². The smallest absolute Gasteiger partial charge is 0.230 e. The lowest BCUT2D eigenvalue weighted by molar-refractivity contribution is 0.324. The molecule has 0 unspecified atom stereocenters. The number of methoxy groups -OCH3 is 3. The molecule has 0 aliphatic rings. The maximum Gasteiger partial charge on any atom is 0.230 e. The van der Waals surface area contributed by atoms with E-state index in [2.05, 4.69) is 44.6 Å². The van der Waals surface area contributed by atoms with Crippen molar-refractivity contribution in [2.75, 3.05) is 26.6 Å². The van der Waals surface area contributed by atoms with Crippen LogP contribution in [0.15, 0.2) is 73.1 Å². The predicted octanol–water partition coefficient (Wildman–Crippen LogP) is 5.48. The molecular formula is C26H24N4O3. The Morgan fingerprint density at radius 2 is 1.45 bits per heavy atom. The molecule has 7 heteroatoms. The first-order valence-electron chi connectivity index (χ1n) is 10.3. The number of aromatic nitrogens is 3. The molecule has 0 atom stereocenters. The average Bonchev–Trinajstić information content (AvgIpc) is 2.87. The van der Waals surface area contributed by atoms with Crippen LogP contribution in [-0.2, 0) is 0 Å². The van der Waals surface area contributed by atoms with E-state index in [1.54, 1.807) is 33.5 Å². The molecule has 0 aliphatic carbocycles. The van der Waals surface area contributed by atoms with Gasteiger partial charge in [0.05, 0.1) is 21.3 Å². The lowest BCUT2D eigenvalue weighted by atomic mass is 10.1. The van der Waals surface area contributed by atoms with Crippen LogP contribution in [0.25, 0.3) is 23.5 Å². The highest BCUT2D eigenvalue weighted by molar-refractivity contribution is 5.78. The molecule has 0 bridgehead atoms. The van der Waals surface area contributed by atoms with Crippen molar-refractivity contribution < 1.29 is 14.2 Å². The van der Waals surface area contributed by atoms with Crippen molar-refractivity contribution in [1.82, 2.24) is 15.0 Å². The van der Waals surface area contributed by atoms with Crippen LogP contribution in [0, 0.1) is 0 Å². The largest absolute Gasteiger partial charge is 0.493 e. The van der Waals surface area contributed by atoms with Crippen molar-refractivity contribution in [2.45, 2.75) is 0 Å². The van der Waals surface area contributed by atoms with Crippen LogP contribution in [-0.4, -0.2) is 36.3 Å². The summed E-state index contributed by atoms with van der Waals surface area (Å²) in [6, 6.07) is 21.7. The summed E-state index contributed by atoms with van der Waals surface area (Å²) in [6.07, 6.45) is 5.61. The van der Waals surface area contributed by atoms with Gasteiger partial charge in [-0.2, -0.15) is 4.98 Å². The Kier molecular flexibility index (Phi) is 6.80. The van der Waals surface area contributed by atoms with Crippen molar-refractivity contribution in [1.29, 1.82) is 0 Å². The Morgan fingerprint density at radius 3 is 2.15 bits per heavy atom. The fourth-order valence-corrected chi connectivity index (χ4v) is 3.36. The van der Waals surface area contributed by atoms with Crippen LogP contribution < -0.4 is 19.5 Å². The van der Waals surface area contributed by atoms with Gasteiger partial charge in [-0.1, -0.05) is 66.7 Å². The molecule has 3 aromatic carbocycles. The highest BCUT2D eigenvalue weighted by Crippen LogP contribution is 2.40. The van der Waals surface area contributed by atoms with E-state index < -0.39 is 0 Å². The summed E-state index contributed by atoms with van der Waals surface area (Å²) in [7, 11) is 4.71. The highest BCUT2D eigenvalue weighted by Gasteiger charge is 2.14. The Bertz CT molecular complexity index is 1230. The van der Waals surface area contributed by atoms with Crippen molar-refractivity contribution in [3.8, 4) is 28.6 Å². The van der Waals surface area contributed by atoms with Crippen LogP contribution >= 0.6 is 0 Å². The molecule has 0 amide bonds. The molecule has 0 aliphatic heterocycles. The molecule has 33 heavy (non-hydrogen) atoms. The van der Waals surface area contributed by atoms with Gasteiger partial charge in [0.2, 0.25) is 11.7 Å². The second-order valence-corrected chi connectivity index (χ2v) is 7.00. The predicted molar refractivity (Wildman–Crippen MR) is 130 cm³/mol. The minimum atomic E-state index is 0.399. The molecule has 0 saturated heterocycles. The molecule has 7 nitrogen and oxygen atoms in total. The molecule has 166 valence electrons. The molecule has 1 aromatic heterocycles. The number of benzene rings is 3. The van der Waals surface area contributed by atoms with Gasteiger partial charge in [-0.3, -0.25) is 0 Å². The minimum Gasteiger partial charge on any atom is -0.493 e.